The highest BCUT2D eigenvalue weighted by atomic mass is 32.2. The molecule has 4 atom stereocenters. The van der Waals surface area contributed by atoms with Crippen LogP contribution in [0.5, 0.6) is 0 Å². The molecule has 2 aliphatic carbocycles. The van der Waals surface area contributed by atoms with Crippen LogP contribution in [0.4, 0.5) is 10.2 Å². The maximum atomic E-state index is 13.5. The second-order valence-corrected chi connectivity index (χ2v) is 11.5. The standard InChI is InChI=1S/C25H31FN6O3S/c1-4-5-12-36-23-27-21(29-25(10-11-25)14-6-8-15(26)9-7-14)18-22(28-23)32(31-30-18)16-13-17(33)20-19(16)34-24(2,3)35-20/h6-9,16-17,19-20,33H,4-5,10-13H2,1-3H3,(H,27,28,29). The first-order chi connectivity index (χ1) is 17.3. The number of rotatable bonds is 8. The fourth-order valence-electron chi connectivity index (χ4n) is 5.27. The SMILES string of the molecule is CCCCSc1nc(NC2(c3ccc(F)cc3)CC2)c2nnn(C3CC(O)C4OC(C)(C)OC43)c2n1. The molecule has 3 heterocycles. The number of unbranched alkanes of at least 4 members (excludes halogenated alkanes) is 1. The van der Waals surface area contributed by atoms with Crippen molar-refractivity contribution >= 4 is 28.7 Å². The molecule has 3 aliphatic rings. The molecule has 2 aromatic heterocycles. The molecule has 0 bridgehead atoms. The molecule has 1 aromatic carbocycles. The van der Waals surface area contributed by atoms with Crippen LogP contribution in [0.3, 0.4) is 0 Å². The first-order valence-corrected chi connectivity index (χ1v) is 13.6. The number of benzene rings is 1. The number of ether oxygens (including phenoxy) is 2. The lowest BCUT2D eigenvalue weighted by molar-refractivity contribution is -0.165. The lowest BCUT2D eigenvalue weighted by Crippen LogP contribution is -2.29. The van der Waals surface area contributed by atoms with E-state index in [2.05, 4.69) is 22.6 Å². The number of fused-ring (bicyclic) bond motifs is 2. The number of anilines is 1. The summed E-state index contributed by atoms with van der Waals surface area (Å²) in [4.78, 5) is 9.68. The molecule has 2 N–H and O–H groups in total. The Hall–Kier alpha value is -2.34. The minimum absolute atomic E-state index is 0.255. The zero-order chi connectivity index (χ0) is 25.1. The minimum Gasteiger partial charge on any atom is -0.390 e. The van der Waals surface area contributed by atoms with Gasteiger partial charge in [0, 0.05) is 12.2 Å². The number of hydrogen-bond donors (Lipinski definition) is 2. The monoisotopic (exact) mass is 514 g/mol. The van der Waals surface area contributed by atoms with Gasteiger partial charge < -0.3 is 19.9 Å². The van der Waals surface area contributed by atoms with Crippen LogP contribution in [0.2, 0.25) is 0 Å². The average molecular weight is 515 g/mol. The molecule has 36 heavy (non-hydrogen) atoms. The van der Waals surface area contributed by atoms with Crippen LogP contribution in [-0.2, 0) is 15.0 Å². The van der Waals surface area contributed by atoms with E-state index >= 15 is 0 Å². The van der Waals surface area contributed by atoms with Crippen molar-refractivity contribution in [1.82, 2.24) is 25.0 Å². The van der Waals surface area contributed by atoms with Gasteiger partial charge in [-0.1, -0.05) is 42.5 Å². The Balaban J connectivity index is 1.38. The maximum absolute atomic E-state index is 13.5. The number of hydrogen-bond acceptors (Lipinski definition) is 9. The summed E-state index contributed by atoms with van der Waals surface area (Å²) in [5.41, 5.74) is 1.88. The van der Waals surface area contributed by atoms with Crippen LogP contribution in [0.15, 0.2) is 29.4 Å². The third kappa shape index (κ3) is 4.25. The summed E-state index contributed by atoms with van der Waals surface area (Å²) in [5, 5.41) is 23.9. The zero-order valence-electron chi connectivity index (χ0n) is 20.6. The van der Waals surface area contributed by atoms with Gasteiger partial charge in [-0.15, -0.1) is 5.10 Å². The Labute approximate surface area is 213 Å². The van der Waals surface area contributed by atoms with E-state index in [-0.39, 0.29) is 23.5 Å². The van der Waals surface area contributed by atoms with Gasteiger partial charge in [0.2, 0.25) is 0 Å². The average Bonchev–Trinajstić information content (AvgIpc) is 3.23. The molecule has 4 unspecified atom stereocenters. The highest BCUT2D eigenvalue weighted by Crippen LogP contribution is 2.49. The molecule has 2 saturated carbocycles. The minimum atomic E-state index is -0.776. The smallest absolute Gasteiger partial charge is 0.191 e. The molecule has 1 aliphatic heterocycles. The number of thioether (sulfide) groups is 1. The van der Waals surface area contributed by atoms with E-state index in [4.69, 9.17) is 19.4 Å². The fourth-order valence-corrected chi connectivity index (χ4v) is 6.19. The van der Waals surface area contributed by atoms with Crippen LogP contribution < -0.4 is 5.32 Å². The van der Waals surface area contributed by atoms with Gasteiger partial charge in [-0.2, -0.15) is 0 Å². The van der Waals surface area contributed by atoms with Crippen molar-refractivity contribution in [3.8, 4) is 0 Å². The summed E-state index contributed by atoms with van der Waals surface area (Å²) in [6.07, 6.45) is 2.98. The topological polar surface area (TPSA) is 107 Å². The zero-order valence-corrected chi connectivity index (χ0v) is 21.5. The lowest BCUT2D eigenvalue weighted by Gasteiger charge is -2.22. The third-order valence-corrected chi connectivity index (χ3v) is 8.19. The number of aliphatic hydroxyl groups excluding tert-OH is 1. The predicted molar refractivity (Wildman–Crippen MR) is 133 cm³/mol. The molecule has 192 valence electrons. The Morgan fingerprint density at radius 3 is 2.64 bits per heavy atom. The summed E-state index contributed by atoms with van der Waals surface area (Å²) < 4.78 is 27.4. The van der Waals surface area contributed by atoms with Crippen LogP contribution >= 0.6 is 11.8 Å². The highest BCUT2D eigenvalue weighted by Gasteiger charge is 2.55. The first-order valence-electron chi connectivity index (χ1n) is 12.6. The molecule has 0 spiro atoms. The summed E-state index contributed by atoms with van der Waals surface area (Å²) >= 11 is 1.61. The number of aromatic nitrogens is 5. The Kier molecular flexibility index (Phi) is 5.94. The first kappa shape index (κ1) is 24.0. The van der Waals surface area contributed by atoms with Gasteiger partial charge in [-0.05, 0) is 50.8 Å². The number of nitrogens with one attached hydrogen (secondary N) is 1. The second kappa shape index (κ2) is 8.90. The van der Waals surface area contributed by atoms with E-state index in [0.29, 0.717) is 28.6 Å². The van der Waals surface area contributed by atoms with Crippen LogP contribution in [0.25, 0.3) is 11.2 Å². The van der Waals surface area contributed by atoms with Crippen molar-refractivity contribution in [2.75, 3.05) is 11.1 Å². The molecule has 3 fully saturated rings. The summed E-state index contributed by atoms with van der Waals surface area (Å²) in [7, 11) is 0. The van der Waals surface area contributed by atoms with Crippen molar-refractivity contribution in [3.05, 3.63) is 35.6 Å². The highest BCUT2D eigenvalue weighted by molar-refractivity contribution is 7.99. The Morgan fingerprint density at radius 1 is 1.17 bits per heavy atom. The van der Waals surface area contributed by atoms with Crippen molar-refractivity contribution in [1.29, 1.82) is 0 Å². The Bertz CT molecular complexity index is 1260. The van der Waals surface area contributed by atoms with Crippen molar-refractivity contribution < 1.29 is 19.0 Å². The molecule has 3 aromatic rings. The van der Waals surface area contributed by atoms with Gasteiger partial charge in [0.05, 0.1) is 17.7 Å². The molecule has 6 rings (SSSR count). The molecule has 11 heteroatoms. The van der Waals surface area contributed by atoms with Gasteiger partial charge in [-0.3, -0.25) is 0 Å². The van der Waals surface area contributed by atoms with Crippen LogP contribution in [0, 0.1) is 5.82 Å². The quantitative estimate of drug-likeness (QED) is 0.260. The summed E-state index contributed by atoms with van der Waals surface area (Å²) in [5.74, 6) is 0.493. The van der Waals surface area contributed by atoms with Crippen LogP contribution in [0.1, 0.15) is 64.5 Å². The van der Waals surface area contributed by atoms with E-state index in [1.807, 2.05) is 26.0 Å². The molecule has 0 amide bonds. The fraction of sp³-hybridized carbons (Fsp3) is 0.600. The molecular weight excluding hydrogens is 483 g/mol. The predicted octanol–water partition coefficient (Wildman–Crippen LogP) is 4.18. The number of nitrogens with zero attached hydrogens (tertiary/aromatic N) is 5. The largest absolute Gasteiger partial charge is 0.390 e. The van der Waals surface area contributed by atoms with Gasteiger partial charge in [0.15, 0.2) is 27.9 Å². The van der Waals surface area contributed by atoms with Crippen LogP contribution in [-0.4, -0.2) is 59.9 Å². The van der Waals surface area contributed by atoms with E-state index in [1.165, 1.54) is 12.1 Å². The van der Waals surface area contributed by atoms with Gasteiger partial charge >= 0.3 is 0 Å². The maximum Gasteiger partial charge on any atom is 0.191 e. The van der Waals surface area contributed by atoms with E-state index in [0.717, 1.165) is 37.0 Å². The number of aliphatic hydroxyl groups is 1. The number of halogens is 1. The van der Waals surface area contributed by atoms with E-state index in [1.54, 1.807) is 16.4 Å². The van der Waals surface area contributed by atoms with Crippen molar-refractivity contribution in [2.45, 2.75) is 93.7 Å². The lowest BCUT2D eigenvalue weighted by atomic mass is 10.0. The molecule has 1 saturated heterocycles. The van der Waals surface area contributed by atoms with Crippen molar-refractivity contribution in [3.63, 3.8) is 0 Å². The normalized spacial score (nSPS) is 27.9. The summed E-state index contributed by atoms with van der Waals surface area (Å²) in [6.45, 7) is 5.86. The van der Waals surface area contributed by atoms with Gasteiger partial charge in [0.25, 0.3) is 0 Å². The van der Waals surface area contributed by atoms with E-state index in [9.17, 15) is 9.50 Å². The molecule has 9 nitrogen and oxygen atoms in total. The Morgan fingerprint density at radius 2 is 1.92 bits per heavy atom. The second-order valence-electron chi connectivity index (χ2n) is 10.4. The molecule has 0 radical (unpaired) electrons. The molecular formula is C25H31FN6O3S. The van der Waals surface area contributed by atoms with E-state index < -0.39 is 18.0 Å². The van der Waals surface area contributed by atoms with Gasteiger partial charge in [-0.25, -0.2) is 19.0 Å². The van der Waals surface area contributed by atoms with Crippen molar-refractivity contribution in [2.24, 2.45) is 0 Å². The third-order valence-electron chi connectivity index (χ3n) is 7.26. The summed E-state index contributed by atoms with van der Waals surface area (Å²) in [6, 6.07) is 6.35. The van der Waals surface area contributed by atoms with Gasteiger partial charge in [0.1, 0.15) is 18.0 Å².